The van der Waals surface area contributed by atoms with Crippen LogP contribution in [-0.4, -0.2) is 27.7 Å². The van der Waals surface area contributed by atoms with Crippen molar-refractivity contribution in [3.8, 4) is 5.75 Å². The molecule has 3 rings (SSSR count). The predicted molar refractivity (Wildman–Crippen MR) is 89.3 cm³/mol. The number of rotatable bonds is 7. The lowest BCUT2D eigenvalue weighted by Gasteiger charge is -2.12. The van der Waals surface area contributed by atoms with Crippen molar-refractivity contribution < 1.29 is 17.9 Å². The fourth-order valence-corrected chi connectivity index (χ4v) is 4.39. The topological polar surface area (TPSA) is 64.6 Å². The Morgan fingerprint density at radius 3 is 2.74 bits per heavy atom. The molecule has 23 heavy (non-hydrogen) atoms. The molecule has 5 nitrogen and oxygen atoms in total. The van der Waals surface area contributed by atoms with Gasteiger partial charge >= 0.3 is 0 Å². The highest BCUT2D eigenvalue weighted by atomic mass is 32.2. The summed E-state index contributed by atoms with van der Waals surface area (Å²) in [5.41, 5.74) is 0.884. The van der Waals surface area contributed by atoms with Crippen LogP contribution in [0.1, 0.15) is 18.4 Å². The van der Waals surface area contributed by atoms with Crippen LogP contribution in [0.3, 0.4) is 0 Å². The first-order chi connectivity index (χ1) is 11.1. The summed E-state index contributed by atoms with van der Waals surface area (Å²) in [6.45, 7) is 1.63. The number of sulfonamides is 1. The van der Waals surface area contributed by atoms with Gasteiger partial charge in [-0.25, -0.2) is 13.1 Å². The Balaban J connectivity index is 1.51. The molecule has 7 heteroatoms. The van der Waals surface area contributed by atoms with Gasteiger partial charge in [-0.15, -0.1) is 11.3 Å². The quantitative estimate of drug-likeness (QED) is 0.831. The molecule has 0 radical (unpaired) electrons. The lowest BCUT2D eigenvalue weighted by atomic mass is 10.2. The molecular weight excluding hydrogens is 334 g/mol. The van der Waals surface area contributed by atoms with Crippen LogP contribution in [0.15, 0.2) is 46.0 Å². The summed E-state index contributed by atoms with van der Waals surface area (Å²) < 4.78 is 38.2. The minimum atomic E-state index is -3.43. The highest BCUT2D eigenvalue weighted by molar-refractivity contribution is 7.91. The molecule has 0 spiro atoms. The third-order valence-electron chi connectivity index (χ3n) is 3.61. The average Bonchev–Trinajstić information content (AvgIpc) is 3.25. The van der Waals surface area contributed by atoms with Crippen LogP contribution in [-0.2, 0) is 21.3 Å². The van der Waals surface area contributed by atoms with E-state index in [1.165, 1.54) is 11.3 Å². The van der Waals surface area contributed by atoms with Gasteiger partial charge < -0.3 is 9.47 Å². The zero-order valence-electron chi connectivity index (χ0n) is 12.6. The maximum Gasteiger partial charge on any atom is 0.250 e. The molecular formula is C16H19NO4S2. The molecule has 2 heterocycles. The molecule has 2 aromatic rings. The number of hydrogen-bond acceptors (Lipinski definition) is 5. The molecule has 1 aromatic carbocycles. The zero-order chi connectivity index (χ0) is 16.1. The van der Waals surface area contributed by atoms with E-state index in [4.69, 9.17) is 9.47 Å². The van der Waals surface area contributed by atoms with Crippen molar-refractivity contribution in [3.05, 3.63) is 47.3 Å². The monoisotopic (exact) mass is 353 g/mol. The van der Waals surface area contributed by atoms with Gasteiger partial charge in [0.05, 0.1) is 6.10 Å². The summed E-state index contributed by atoms with van der Waals surface area (Å²) in [5.74, 6) is 0.769. The summed E-state index contributed by atoms with van der Waals surface area (Å²) >= 11 is 1.20. The number of benzene rings is 1. The second-order valence-electron chi connectivity index (χ2n) is 5.35. The second kappa shape index (κ2) is 7.44. The summed E-state index contributed by atoms with van der Waals surface area (Å²) in [6, 6.07) is 10.7. The maximum atomic E-state index is 12.0. The van der Waals surface area contributed by atoms with Gasteiger partial charge in [0.2, 0.25) is 10.0 Å². The van der Waals surface area contributed by atoms with Crippen molar-refractivity contribution in [2.45, 2.75) is 29.7 Å². The largest absolute Gasteiger partial charge is 0.491 e. The molecule has 0 amide bonds. The Morgan fingerprint density at radius 1 is 1.26 bits per heavy atom. The maximum absolute atomic E-state index is 12.0. The van der Waals surface area contributed by atoms with Crippen molar-refractivity contribution in [2.75, 3.05) is 13.2 Å². The molecule has 1 fully saturated rings. The van der Waals surface area contributed by atoms with Crippen LogP contribution in [0.25, 0.3) is 0 Å². The van der Waals surface area contributed by atoms with Gasteiger partial charge in [-0.05, 0) is 42.0 Å². The van der Waals surface area contributed by atoms with E-state index in [9.17, 15) is 8.42 Å². The van der Waals surface area contributed by atoms with Crippen molar-refractivity contribution in [3.63, 3.8) is 0 Å². The molecule has 1 aliphatic rings. The molecule has 0 saturated carbocycles. The third-order valence-corrected chi connectivity index (χ3v) is 6.41. The predicted octanol–water partition coefficient (Wildman–Crippen LogP) is 2.78. The standard InChI is InChI=1S/C16H19NO4S2/c18-23(19,16-4-2-10-22-16)17-11-13-5-7-14(8-6-13)21-12-15-3-1-9-20-15/h2,4-8,10,15,17H,1,3,9,11-12H2. The van der Waals surface area contributed by atoms with E-state index in [0.29, 0.717) is 10.8 Å². The smallest absolute Gasteiger partial charge is 0.250 e. The first-order valence-corrected chi connectivity index (χ1v) is 9.86. The fraction of sp³-hybridized carbons (Fsp3) is 0.375. The van der Waals surface area contributed by atoms with Gasteiger partial charge in [0.25, 0.3) is 0 Å². The SMILES string of the molecule is O=S(=O)(NCc1ccc(OCC2CCCO2)cc1)c1cccs1. The van der Waals surface area contributed by atoms with Crippen molar-refractivity contribution >= 4 is 21.4 Å². The van der Waals surface area contributed by atoms with Gasteiger partial charge in [0.1, 0.15) is 16.6 Å². The lowest BCUT2D eigenvalue weighted by molar-refractivity contribution is 0.0679. The van der Waals surface area contributed by atoms with Crippen molar-refractivity contribution in [1.82, 2.24) is 4.72 Å². The Bertz CT molecular complexity index is 705. The molecule has 1 unspecified atom stereocenters. The summed E-state index contributed by atoms with van der Waals surface area (Å²) in [6.07, 6.45) is 2.33. The first-order valence-electron chi connectivity index (χ1n) is 7.50. The molecule has 0 bridgehead atoms. The summed E-state index contributed by atoms with van der Waals surface area (Å²) in [5, 5.41) is 1.74. The average molecular weight is 353 g/mol. The molecule has 1 atom stereocenters. The second-order valence-corrected chi connectivity index (χ2v) is 8.29. The normalized spacial score (nSPS) is 18.2. The minimum Gasteiger partial charge on any atom is -0.491 e. The van der Waals surface area contributed by atoms with Crippen LogP contribution in [0.5, 0.6) is 5.75 Å². The number of thiophene rings is 1. The Morgan fingerprint density at radius 2 is 2.09 bits per heavy atom. The van der Waals surface area contributed by atoms with Crippen LogP contribution in [0.2, 0.25) is 0 Å². The van der Waals surface area contributed by atoms with Crippen molar-refractivity contribution in [2.24, 2.45) is 0 Å². The van der Waals surface area contributed by atoms with Gasteiger partial charge in [0, 0.05) is 13.2 Å². The lowest BCUT2D eigenvalue weighted by Crippen LogP contribution is -2.22. The molecule has 1 saturated heterocycles. The Kier molecular flexibility index (Phi) is 5.32. The fourth-order valence-electron chi connectivity index (χ4n) is 2.33. The zero-order valence-corrected chi connectivity index (χ0v) is 14.2. The van der Waals surface area contributed by atoms with E-state index in [0.717, 1.165) is 30.8 Å². The van der Waals surface area contributed by atoms with E-state index < -0.39 is 10.0 Å². The molecule has 0 aliphatic carbocycles. The van der Waals surface area contributed by atoms with E-state index in [1.54, 1.807) is 17.5 Å². The van der Waals surface area contributed by atoms with E-state index >= 15 is 0 Å². The van der Waals surface area contributed by atoms with Crippen LogP contribution < -0.4 is 9.46 Å². The Labute approximate surface area is 140 Å². The van der Waals surface area contributed by atoms with E-state index in [-0.39, 0.29) is 12.6 Å². The van der Waals surface area contributed by atoms with Gasteiger partial charge in [-0.1, -0.05) is 18.2 Å². The van der Waals surface area contributed by atoms with Crippen molar-refractivity contribution in [1.29, 1.82) is 0 Å². The summed E-state index contributed by atoms with van der Waals surface area (Å²) in [4.78, 5) is 0. The summed E-state index contributed by atoms with van der Waals surface area (Å²) in [7, 11) is -3.43. The molecule has 1 N–H and O–H groups in total. The highest BCUT2D eigenvalue weighted by Crippen LogP contribution is 2.18. The first kappa shape index (κ1) is 16.4. The third kappa shape index (κ3) is 4.54. The van der Waals surface area contributed by atoms with Gasteiger partial charge in [-0.3, -0.25) is 0 Å². The van der Waals surface area contributed by atoms with Gasteiger partial charge in [-0.2, -0.15) is 0 Å². The van der Waals surface area contributed by atoms with E-state index in [1.807, 2.05) is 24.3 Å². The van der Waals surface area contributed by atoms with Crippen LogP contribution in [0, 0.1) is 0 Å². The van der Waals surface area contributed by atoms with Crippen LogP contribution in [0.4, 0.5) is 0 Å². The van der Waals surface area contributed by atoms with E-state index in [2.05, 4.69) is 4.72 Å². The number of ether oxygens (including phenoxy) is 2. The van der Waals surface area contributed by atoms with Gasteiger partial charge in [0.15, 0.2) is 0 Å². The molecule has 1 aromatic heterocycles. The molecule has 124 valence electrons. The highest BCUT2D eigenvalue weighted by Gasteiger charge is 2.16. The minimum absolute atomic E-state index is 0.187. The number of hydrogen-bond donors (Lipinski definition) is 1. The Hall–Kier alpha value is -1.41. The van der Waals surface area contributed by atoms with Crippen LogP contribution >= 0.6 is 11.3 Å². The molecule has 1 aliphatic heterocycles. The number of nitrogens with one attached hydrogen (secondary N) is 1.